The van der Waals surface area contributed by atoms with Crippen LogP contribution in [-0.4, -0.2) is 16.2 Å². The number of fused-ring (bicyclic) bond motifs is 1. The molecule has 0 radical (unpaired) electrons. The summed E-state index contributed by atoms with van der Waals surface area (Å²) in [6.07, 6.45) is 0. The van der Waals surface area contributed by atoms with E-state index in [1.165, 1.54) is 11.5 Å². The summed E-state index contributed by atoms with van der Waals surface area (Å²) in [6.45, 7) is 8.94. The van der Waals surface area contributed by atoms with Gasteiger partial charge < -0.3 is 9.30 Å². The highest BCUT2D eigenvalue weighted by atomic mass is 16.5. The quantitative estimate of drug-likeness (QED) is 0.659. The first-order valence-corrected chi connectivity index (χ1v) is 4.83. The number of aromatic nitrogens is 2. The molecule has 1 aromatic rings. The Morgan fingerprint density at radius 3 is 2.92 bits per heavy atom. The van der Waals surface area contributed by atoms with Crippen LogP contribution in [0.2, 0.25) is 0 Å². The van der Waals surface area contributed by atoms with Crippen molar-refractivity contribution in [1.82, 2.24) is 9.55 Å². The number of aryl methyl sites for hydroxylation is 1. The Morgan fingerprint density at radius 1 is 1.46 bits per heavy atom. The number of rotatable bonds is 1. The van der Waals surface area contributed by atoms with Crippen molar-refractivity contribution >= 4 is 0 Å². The maximum absolute atomic E-state index is 5.41. The Hall–Kier alpha value is -0.830. The summed E-state index contributed by atoms with van der Waals surface area (Å²) in [6, 6.07) is 0. The van der Waals surface area contributed by atoms with Gasteiger partial charge >= 0.3 is 0 Å². The molecule has 2 heterocycles. The standard InChI is InChI=1S/C10H16N2O/c1-7(2)10-11-8(3)9-6-13-5-4-12(9)10/h7H,4-6H2,1-3H3. The molecule has 0 saturated heterocycles. The molecular formula is C10H16N2O. The van der Waals surface area contributed by atoms with Crippen LogP contribution in [0.25, 0.3) is 0 Å². The van der Waals surface area contributed by atoms with Crippen LogP contribution in [0.15, 0.2) is 0 Å². The highest BCUT2D eigenvalue weighted by molar-refractivity contribution is 5.18. The third-order valence-electron chi connectivity index (χ3n) is 2.52. The summed E-state index contributed by atoms with van der Waals surface area (Å²) >= 11 is 0. The molecule has 0 atom stereocenters. The third-order valence-corrected chi connectivity index (χ3v) is 2.52. The van der Waals surface area contributed by atoms with Gasteiger partial charge in [-0.05, 0) is 6.92 Å². The molecule has 0 bridgehead atoms. The molecule has 0 fully saturated rings. The Bertz CT molecular complexity index is 315. The van der Waals surface area contributed by atoms with E-state index in [2.05, 4.69) is 30.3 Å². The van der Waals surface area contributed by atoms with E-state index in [4.69, 9.17) is 4.74 Å². The SMILES string of the molecule is Cc1nc(C(C)C)n2c1COCC2. The molecule has 1 aromatic heterocycles. The smallest absolute Gasteiger partial charge is 0.111 e. The maximum atomic E-state index is 5.41. The average Bonchev–Trinajstić information content (AvgIpc) is 2.45. The second-order valence-corrected chi connectivity index (χ2v) is 3.86. The predicted octanol–water partition coefficient (Wildman–Crippen LogP) is 1.85. The first kappa shape index (κ1) is 8.75. The zero-order valence-electron chi connectivity index (χ0n) is 8.50. The lowest BCUT2D eigenvalue weighted by Crippen LogP contribution is -2.19. The van der Waals surface area contributed by atoms with Crippen LogP contribution < -0.4 is 0 Å². The fourth-order valence-corrected chi connectivity index (χ4v) is 1.83. The highest BCUT2D eigenvalue weighted by Gasteiger charge is 2.19. The Morgan fingerprint density at radius 2 is 2.23 bits per heavy atom. The number of ether oxygens (including phenoxy) is 1. The second-order valence-electron chi connectivity index (χ2n) is 3.86. The molecule has 13 heavy (non-hydrogen) atoms. The van der Waals surface area contributed by atoms with Gasteiger partial charge in [0.1, 0.15) is 5.82 Å². The predicted molar refractivity (Wildman–Crippen MR) is 50.7 cm³/mol. The van der Waals surface area contributed by atoms with Gasteiger partial charge in [0.2, 0.25) is 0 Å². The Balaban J connectivity index is 2.47. The monoisotopic (exact) mass is 180 g/mol. The minimum Gasteiger partial charge on any atom is -0.373 e. The molecule has 3 heteroatoms. The van der Waals surface area contributed by atoms with Crippen LogP contribution in [0.4, 0.5) is 0 Å². The lowest BCUT2D eigenvalue weighted by atomic mass is 10.2. The van der Waals surface area contributed by atoms with Gasteiger partial charge in [-0.1, -0.05) is 13.8 Å². The zero-order valence-corrected chi connectivity index (χ0v) is 8.50. The summed E-state index contributed by atoms with van der Waals surface area (Å²) in [5.74, 6) is 1.71. The molecular weight excluding hydrogens is 164 g/mol. The first-order valence-electron chi connectivity index (χ1n) is 4.83. The van der Waals surface area contributed by atoms with Crippen molar-refractivity contribution in [2.45, 2.75) is 39.8 Å². The average molecular weight is 180 g/mol. The molecule has 0 N–H and O–H groups in total. The van der Waals surface area contributed by atoms with E-state index in [-0.39, 0.29) is 0 Å². The van der Waals surface area contributed by atoms with Crippen LogP contribution in [0.5, 0.6) is 0 Å². The van der Waals surface area contributed by atoms with Gasteiger partial charge in [0, 0.05) is 12.5 Å². The summed E-state index contributed by atoms with van der Waals surface area (Å²) in [4.78, 5) is 4.57. The van der Waals surface area contributed by atoms with Gasteiger partial charge in [-0.2, -0.15) is 0 Å². The topological polar surface area (TPSA) is 27.1 Å². The largest absolute Gasteiger partial charge is 0.373 e. The van der Waals surface area contributed by atoms with Gasteiger partial charge in [0.15, 0.2) is 0 Å². The van der Waals surface area contributed by atoms with Gasteiger partial charge in [-0.3, -0.25) is 0 Å². The molecule has 1 aliphatic rings. The van der Waals surface area contributed by atoms with E-state index < -0.39 is 0 Å². The molecule has 3 nitrogen and oxygen atoms in total. The van der Waals surface area contributed by atoms with E-state index in [0.717, 1.165) is 25.5 Å². The second kappa shape index (κ2) is 3.14. The minimum absolute atomic E-state index is 0.505. The van der Waals surface area contributed by atoms with E-state index in [0.29, 0.717) is 5.92 Å². The van der Waals surface area contributed by atoms with E-state index in [1.54, 1.807) is 0 Å². The van der Waals surface area contributed by atoms with Crippen molar-refractivity contribution in [1.29, 1.82) is 0 Å². The van der Waals surface area contributed by atoms with Crippen molar-refractivity contribution in [2.75, 3.05) is 6.61 Å². The molecule has 0 saturated carbocycles. The fraction of sp³-hybridized carbons (Fsp3) is 0.700. The lowest BCUT2D eigenvalue weighted by Gasteiger charge is -2.18. The van der Waals surface area contributed by atoms with Crippen molar-refractivity contribution in [3.8, 4) is 0 Å². The zero-order chi connectivity index (χ0) is 9.42. The van der Waals surface area contributed by atoms with Crippen LogP contribution in [0, 0.1) is 6.92 Å². The number of hydrogen-bond acceptors (Lipinski definition) is 2. The normalized spacial score (nSPS) is 16.3. The van der Waals surface area contributed by atoms with Gasteiger partial charge in [0.25, 0.3) is 0 Å². The van der Waals surface area contributed by atoms with Crippen molar-refractivity contribution < 1.29 is 4.74 Å². The van der Waals surface area contributed by atoms with E-state index in [1.807, 2.05) is 0 Å². The maximum Gasteiger partial charge on any atom is 0.111 e. The molecule has 1 aliphatic heterocycles. The summed E-state index contributed by atoms with van der Waals surface area (Å²) in [7, 11) is 0. The molecule has 72 valence electrons. The van der Waals surface area contributed by atoms with Gasteiger partial charge in [-0.15, -0.1) is 0 Å². The van der Waals surface area contributed by atoms with Gasteiger partial charge in [-0.25, -0.2) is 4.98 Å². The first-order chi connectivity index (χ1) is 6.20. The van der Waals surface area contributed by atoms with E-state index >= 15 is 0 Å². The van der Waals surface area contributed by atoms with Crippen LogP contribution in [0.1, 0.15) is 37.0 Å². The summed E-state index contributed by atoms with van der Waals surface area (Å²) < 4.78 is 7.72. The molecule has 2 rings (SSSR count). The number of hydrogen-bond donors (Lipinski definition) is 0. The minimum atomic E-state index is 0.505. The summed E-state index contributed by atoms with van der Waals surface area (Å²) in [5.41, 5.74) is 2.39. The Kier molecular flexibility index (Phi) is 2.12. The molecule has 0 spiro atoms. The van der Waals surface area contributed by atoms with Crippen molar-refractivity contribution in [3.63, 3.8) is 0 Å². The Labute approximate surface area is 78.7 Å². The van der Waals surface area contributed by atoms with Crippen LogP contribution in [-0.2, 0) is 17.9 Å². The molecule has 0 amide bonds. The molecule has 0 aromatic carbocycles. The van der Waals surface area contributed by atoms with Crippen molar-refractivity contribution in [2.24, 2.45) is 0 Å². The number of imidazole rings is 1. The highest BCUT2D eigenvalue weighted by Crippen LogP contribution is 2.21. The van der Waals surface area contributed by atoms with Crippen molar-refractivity contribution in [3.05, 3.63) is 17.2 Å². The van der Waals surface area contributed by atoms with Gasteiger partial charge in [0.05, 0.1) is 24.6 Å². The fourth-order valence-electron chi connectivity index (χ4n) is 1.83. The third kappa shape index (κ3) is 1.37. The molecule has 0 unspecified atom stereocenters. The van der Waals surface area contributed by atoms with Crippen LogP contribution >= 0.6 is 0 Å². The number of nitrogens with zero attached hydrogens (tertiary/aromatic N) is 2. The van der Waals surface area contributed by atoms with E-state index in [9.17, 15) is 0 Å². The van der Waals surface area contributed by atoms with Crippen LogP contribution in [0.3, 0.4) is 0 Å². The lowest BCUT2D eigenvalue weighted by molar-refractivity contribution is 0.0832. The summed E-state index contributed by atoms with van der Waals surface area (Å²) in [5, 5.41) is 0. The molecule has 0 aliphatic carbocycles.